The standard InChI is InChI=1S/C17H18BrN5O3/c1-21-6-8-22(9-7-21)13-3-4-15(23(25)26)14(10-13)17(24)20-16-5-2-12(18)11-19-16/h2-5,10-11H,6-9H2,1H3,(H,19,20,24). The summed E-state index contributed by atoms with van der Waals surface area (Å²) >= 11 is 3.27. The predicted molar refractivity (Wildman–Crippen MR) is 103 cm³/mol. The number of nitrogens with one attached hydrogen (secondary N) is 1. The normalized spacial score (nSPS) is 14.9. The van der Waals surface area contributed by atoms with Gasteiger partial charge in [-0.25, -0.2) is 4.98 Å². The fraction of sp³-hybridized carbons (Fsp3) is 0.294. The lowest BCUT2D eigenvalue weighted by molar-refractivity contribution is -0.385. The molecule has 8 nitrogen and oxygen atoms in total. The van der Waals surface area contributed by atoms with E-state index in [1.54, 1.807) is 30.5 Å². The van der Waals surface area contributed by atoms with E-state index in [1.807, 2.05) is 0 Å². The lowest BCUT2D eigenvalue weighted by Gasteiger charge is -2.34. The fourth-order valence-electron chi connectivity index (χ4n) is 2.76. The number of amides is 1. The highest BCUT2D eigenvalue weighted by Gasteiger charge is 2.23. The van der Waals surface area contributed by atoms with Crippen LogP contribution >= 0.6 is 15.9 Å². The molecule has 3 rings (SSSR count). The number of halogens is 1. The molecule has 2 heterocycles. The number of nitro groups is 1. The van der Waals surface area contributed by atoms with E-state index in [1.165, 1.54) is 6.07 Å². The van der Waals surface area contributed by atoms with Crippen LogP contribution in [0.15, 0.2) is 41.0 Å². The molecule has 0 bridgehead atoms. The molecule has 1 saturated heterocycles. The molecule has 0 unspecified atom stereocenters. The maximum absolute atomic E-state index is 12.6. The highest BCUT2D eigenvalue weighted by molar-refractivity contribution is 9.10. The zero-order valence-corrected chi connectivity index (χ0v) is 15.8. The van der Waals surface area contributed by atoms with Crippen LogP contribution in [0.2, 0.25) is 0 Å². The monoisotopic (exact) mass is 419 g/mol. The van der Waals surface area contributed by atoms with Gasteiger partial charge in [-0.3, -0.25) is 14.9 Å². The maximum Gasteiger partial charge on any atom is 0.282 e. The zero-order valence-electron chi connectivity index (χ0n) is 14.2. The lowest BCUT2D eigenvalue weighted by Crippen LogP contribution is -2.44. The van der Waals surface area contributed by atoms with Gasteiger partial charge in [0.25, 0.3) is 11.6 Å². The Morgan fingerprint density at radius 1 is 1.23 bits per heavy atom. The van der Waals surface area contributed by atoms with E-state index in [9.17, 15) is 14.9 Å². The smallest absolute Gasteiger partial charge is 0.282 e. The largest absolute Gasteiger partial charge is 0.369 e. The number of hydrogen-bond acceptors (Lipinski definition) is 6. The summed E-state index contributed by atoms with van der Waals surface area (Å²) in [4.78, 5) is 31.8. The Hall–Kier alpha value is -2.52. The van der Waals surface area contributed by atoms with Crippen LogP contribution < -0.4 is 10.2 Å². The third-order valence-electron chi connectivity index (χ3n) is 4.26. The van der Waals surface area contributed by atoms with Crippen molar-refractivity contribution in [2.24, 2.45) is 0 Å². The van der Waals surface area contributed by atoms with Crippen molar-refractivity contribution in [3.63, 3.8) is 0 Å². The second-order valence-corrected chi connectivity index (χ2v) is 6.98. The molecule has 0 spiro atoms. The highest BCUT2D eigenvalue weighted by atomic mass is 79.9. The Labute approximate surface area is 159 Å². The van der Waals surface area contributed by atoms with Crippen molar-refractivity contribution in [3.05, 3.63) is 56.7 Å². The SMILES string of the molecule is CN1CCN(c2ccc([N+](=O)[O-])c(C(=O)Nc3ccc(Br)cn3)c2)CC1. The molecule has 1 aromatic heterocycles. The summed E-state index contributed by atoms with van der Waals surface area (Å²) in [6.07, 6.45) is 1.55. The van der Waals surface area contributed by atoms with Crippen LogP contribution in [0, 0.1) is 10.1 Å². The van der Waals surface area contributed by atoms with Gasteiger partial charge in [-0.15, -0.1) is 0 Å². The molecule has 0 aliphatic carbocycles. The van der Waals surface area contributed by atoms with Gasteiger partial charge < -0.3 is 15.1 Å². The number of pyridine rings is 1. The maximum atomic E-state index is 12.6. The van der Waals surface area contributed by atoms with Gasteiger partial charge in [0.15, 0.2) is 0 Å². The van der Waals surface area contributed by atoms with Crippen molar-refractivity contribution < 1.29 is 9.72 Å². The first kappa shape index (κ1) is 18.3. The number of carbonyl (C=O) groups is 1. The molecular weight excluding hydrogens is 402 g/mol. The van der Waals surface area contributed by atoms with E-state index in [4.69, 9.17) is 0 Å². The van der Waals surface area contributed by atoms with Crippen LogP contribution in [-0.2, 0) is 0 Å². The van der Waals surface area contributed by atoms with Crippen LogP contribution in [0.1, 0.15) is 10.4 Å². The van der Waals surface area contributed by atoms with Crippen molar-refractivity contribution in [3.8, 4) is 0 Å². The average molecular weight is 420 g/mol. The average Bonchev–Trinajstić information content (AvgIpc) is 2.63. The summed E-state index contributed by atoms with van der Waals surface area (Å²) in [5, 5.41) is 14.0. The molecule has 0 radical (unpaired) electrons. The first-order valence-electron chi connectivity index (χ1n) is 8.09. The number of rotatable bonds is 4. The van der Waals surface area contributed by atoms with Crippen LogP contribution in [0.5, 0.6) is 0 Å². The molecule has 9 heteroatoms. The molecule has 136 valence electrons. The third-order valence-corrected chi connectivity index (χ3v) is 4.73. The number of hydrogen-bond donors (Lipinski definition) is 1. The molecule has 26 heavy (non-hydrogen) atoms. The van der Waals surface area contributed by atoms with Gasteiger partial charge in [0.05, 0.1) is 4.92 Å². The third kappa shape index (κ3) is 4.17. The molecule has 0 saturated carbocycles. The van der Waals surface area contributed by atoms with Crippen molar-refractivity contribution in [1.82, 2.24) is 9.88 Å². The topological polar surface area (TPSA) is 91.6 Å². The molecule has 1 aliphatic rings. The lowest BCUT2D eigenvalue weighted by atomic mass is 10.1. The van der Waals surface area contributed by atoms with Gasteiger partial charge in [0.1, 0.15) is 11.4 Å². The summed E-state index contributed by atoms with van der Waals surface area (Å²) < 4.78 is 0.776. The molecule has 1 aromatic carbocycles. The number of likely N-dealkylation sites (N-methyl/N-ethyl adjacent to an activating group) is 1. The van der Waals surface area contributed by atoms with Crippen LogP contribution in [0.4, 0.5) is 17.2 Å². The predicted octanol–water partition coefficient (Wildman–Crippen LogP) is 2.76. The number of anilines is 2. The van der Waals surface area contributed by atoms with Gasteiger partial charge in [0.2, 0.25) is 0 Å². The number of nitrogens with zero attached hydrogens (tertiary/aromatic N) is 4. The first-order chi connectivity index (χ1) is 12.4. The Balaban J connectivity index is 1.87. The summed E-state index contributed by atoms with van der Waals surface area (Å²) in [7, 11) is 2.05. The number of benzene rings is 1. The van der Waals surface area contributed by atoms with Crippen molar-refractivity contribution in [1.29, 1.82) is 0 Å². The van der Waals surface area contributed by atoms with Gasteiger partial charge in [-0.1, -0.05) is 0 Å². The summed E-state index contributed by atoms with van der Waals surface area (Å²) in [6, 6.07) is 8.02. The van der Waals surface area contributed by atoms with Crippen LogP contribution in [-0.4, -0.2) is 53.9 Å². The number of carbonyl (C=O) groups excluding carboxylic acids is 1. The Morgan fingerprint density at radius 2 is 1.96 bits per heavy atom. The van der Waals surface area contributed by atoms with E-state index >= 15 is 0 Å². The van der Waals surface area contributed by atoms with Gasteiger partial charge in [-0.2, -0.15) is 0 Å². The van der Waals surface area contributed by atoms with E-state index in [-0.39, 0.29) is 11.3 Å². The van der Waals surface area contributed by atoms with Crippen molar-refractivity contribution >= 4 is 39.0 Å². The quantitative estimate of drug-likeness (QED) is 0.604. The molecule has 1 amide bonds. The summed E-state index contributed by atoms with van der Waals surface area (Å²) in [6.45, 7) is 3.43. The van der Waals surface area contributed by atoms with Crippen LogP contribution in [0.25, 0.3) is 0 Å². The second-order valence-electron chi connectivity index (χ2n) is 6.06. The van der Waals surface area contributed by atoms with Crippen LogP contribution in [0.3, 0.4) is 0 Å². The molecule has 1 aliphatic heterocycles. The molecular formula is C17H18BrN5O3. The Bertz CT molecular complexity index is 820. The Kier molecular flexibility index (Phi) is 5.48. The van der Waals surface area contributed by atoms with Crippen molar-refractivity contribution in [2.45, 2.75) is 0 Å². The van der Waals surface area contributed by atoms with Gasteiger partial charge in [0, 0.05) is 48.6 Å². The first-order valence-corrected chi connectivity index (χ1v) is 8.88. The fourth-order valence-corrected chi connectivity index (χ4v) is 2.99. The van der Waals surface area contributed by atoms with Crippen molar-refractivity contribution in [2.75, 3.05) is 43.4 Å². The summed E-state index contributed by atoms with van der Waals surface area (Å²) in [5.74, 6) is -0.222. The second kappa shape index (κ2) is 7.79. The summed E-state index contributed by atoms with van der Waals surface area (Å²) in [5.41, 5.74) is 0.603. The molecule has 0 atom stereocenters. The number of aromatic nitrogens is 1. The molecule has 1 fully saturated rings. The van der Waals surface area contributed by atoms with E-state index in [0.29, 0.717) is 5.82 Å². The minimum Gasteiger partial charge on any atom is -0.369 e. The highest BCUT2D eigenvalue weighted by Crippen LogP contribution is 2.26. The van der Waals surface area contributed by atoms with E-state index in [0.717, 1.165) is 36.3 Å². The van der Waals surface area contributed by atoms with Gasteiger partial charge in [-0.05, 0) is 47.2 Å². The van der Waals surface area contributed by atoms with E-state index < -0.39 is 10.8 Å². The minimum absolute atomic E-state index is 0.0242. The van der Waals surface area contributed by atoms with E-state index in [2.05, 4.69) is 43.1 Å². The molecule has 1 N–H and O–H groups in total. The Morgan fingerprint density at radius 3 is 2.58 bits per heavy atom. The zero-order chi connectivity index (χ0) is 18.7. The van der Waals surface area contributed by atoms with Gasteiger partial charge >= 0.3 is 0 Å². The minimum atomic E-state index is -0.553. The number of piperazine rings is 1. The number of nitro benzene ring substituents is 1. The molecule has 2 aromatic rings.